The van der Waals surface area contributed by atoms with Crippen LogP contribution in [0.15, 0.2) is 4.99 Å². The highest BCUT2D eigenvalue weighted by molar-refractivity contribution is 7.78. The summed E-state index contributed by atoms with van der Waals surface area (Å²) < 4.78 is 10.6. The Kier molecular flexibility index (Phi) is 8.61. The Balaban J connectivity index is 4.18. The largest absolute Gasteiger partial charge is 0.351 e. The normalized spacial score (nSPS) is 12.6. The Morgan fingerprint density at radius 1 is 1.38 bits per heavy atom. The van der Waals surface area contributed by atoms with E-state index >= 15 is 0 Å². The van der Waals surface area contributed by atoms with E-state index in [-0.39, 0.29) is 6.04 Å². The van der Waals surface area contributed by atoms with Crippen LogP contribution >= 0.6 is 23.8 Å². The summed E-state index contributed by atoms with van der Waals surface area (Å²) in [5.74, 6) is 0.314. The molecule has 0 saturated heterocycles. The van der Waals surface area contributed by atoms with Crippen LogP contribution in [0, 0.1) is 0 Å². The summed E-state index contributed by atoms with van der Waals surface area (Å²) in [7, 11) is 0. The van der Waals surface area contributed by atoms with Crippen LogP contribution in [0.25, 0.3) is 0 Å². The van der Waals surface area contributed by atoms with Crippen molar-refractivity contribution in [2.45, 2.75) is 26.2 Å². The fraction of sp³-hybridized carbons (Fsp3) is 0.875. The summed E-state index contributed by atoms with van der Waals surface area (Å²) in [5.41, 5.74) is 0. The van der Waals surface area contributed by atoms with Crippen LogP contribution in [-0.4, -0.2) is 36.6 Å². The van der Waals surface area contributed by atoms with Gasteiger partial charge in [0, 0.05) is 13.2 Å². The van der Waals surface area contributed by atoms with Crippen molar-refractivity contribution in [3.63, 3.8) is 0 Å². The highest BCUT2D eigenvalue weighted by atomic mass is 35.5. The van der Waals surface area contributed by atoms with Gasteiger partial charge in [-0.25, -0.2) is 4.99 Å². The maximum absolute atomic E-state index is 5.67. The molecule has 0 N–H and O–H groups in total. The number of alkyl halides is 1. The van der Waals surface area contributed by atoms with Crippen molar-refractivity contribution in [3.05, 3.63) is 0 Å². The zero-order chi connectivity index (χ0) is 10.1. The fourth-order valence-corrected chi connectivity index (χ4v) is 1.18. The summed E-state index contributed by atoms with van der Waals surface area (Å²) in [6.07, 6.45) is -0.414. The summed E-state index contributed by atoms with van der Waals surface area (Å²) in [5, 5.41) is 2.28. The van der Waals surface area contributed by atoms with E-state index < -0.39 is 6.29 Å². The molecule has 0 aliphatic rings. The van der Waals surface area contributed by atoms with Crippen molar-refractivity contribution in [3.8, 4) is 0 Å². The molecule has 0 aliphatic heterocycles. The molecule has 0 heterocycles. The van der Waals surface area contributed by atoms with E-state index in [0.29, 0.717) is 19.1 Å². The number of nitrogens with zero attached hydrogens (tertiary/aromatic N) is 1. The predicted octanol–water partition coefficient (Wildman–Crippen LogP) is 2.10. The SMILES string of the molecule is CCOC(OCC)C(CCl)N=C=S. The van der Waals surface area contributed by atoms with Gasteiger partial charge in [-0.1, -0.05) is 0 Å². The van der Waals surface area contributed by atoms with E-state index in [0.717, 1.165) is 0 Å². The van der Waals surface area contributed by atoms with Crippen LogP contribution in [0.4, 0.5) is 0 Å². The molecule has 0 aromatic rings. The van der Waals surface area contributed by atoms with Gasteiger partial charge in [-0.2, -0.15) is 0 Å². The number of hydrogen-bond acceptors (Lipinski definition) is 4. The number of rotatable bonds is 7. The first-order valence-electron chi connectivity index (χ1n) is 4.16. The van der Waals surface area contributed by atoms with Gasteiger partial charge >= 0.3 is 0 Å². The number of ether oxygens (including phenoxy) is 2. The smallest absolute Gasteiger partial charge is 0.181 e. The Morgan fingerprint density at radius 3 is 2.23 bits per heavy atom. The molecule has 5 heteroatoms. The molecular formula is C8H14ClNO2S. The van der Waals surface area contributed by atoms with Gasteiger partial charge in [0.25, 0.3) is 0 Å². The zero-order valence-electron chi connectivity index (χ0n) is 7.83. The van der Waals surface area contributed by atoms with E-state index in [2.05, 4.69) is 22.4 Å². The molecule has 0 saturated carbocycles. The van der Waals surface area contributed by atoms with Gasteiger partial charge in [-0.05, 0) is 26.1 Å². The summed E-state index contributed by atoms with van der Waals surface area (Å²) in [6.45, 7) is 4.90. The van der Waals surface area contributed by atoms with Crippen LogP contribution in [0.1, 0.15) is 13.8 Å². The highest BCUT2D eigenvalue weighted by Gasteiger charge is 2.20. The van der Waals surface area contributed by atoms with E-state index in [1.165, 1.54) is 0 Å². The van der Waals surface area contributed by atoms with Crippen LogP contribution in [0.3, 0.4) is 0 Å². The van der Waals surface area contributed by atoms with Gasteiger partial charge in [0.2, 0.25) is 0 Å². The van der Waals surface area contributed by atoms with Crippen LogP contribution in [0.2, 0.25) is 0 Å². The molecule has 0 aliphatic carbocycles. The molecule has 76 valence electrons. The Labute approximate surface area is 89.1 Å². The van der Waals surface area contributed by atoms with E-state index in [4.69, 9.17) is 21.1 Å². The second-order valence-electron chi connectivity index (χ2n) is 2.22. The van der Waals surface area contributed by atoms with Gasteiger partial charge in [-0.3, -0.25) is 0 Å². The number of thiocarbonyl (C=S) groups is 1. The first-order chi connectivity index (χ1) is 6.29. The third-order valence-corrected chi connectivity index (χ3v) is 1.77. The molecular weight excluding hydrogens is 210 g/mol. The molecule has 0 amide bonds. The molecule has 1 unspecified atom stereocenters. The van der Waals surface area contributed by atoms with Gasteiger partial charge in [0.05, 0.1) is 11.0 Å². The molecule has 0 radical (unpaired) electrons. The van der Waals surface area contributed by atoms with E-state index in [1.807, 2.05) is 13.8 Å². The van der Waals surface area contributed by atoms with Gasteiger partial charge in [0.15, 0.2) is 6.29 Å². The third-order valence-electron chi connectivity index (χ3n) is 1.35. The minimum atomic E-state index is -0.414. The molecule has 3 nitrogen and oxygen atoms in total. The van der Waals surface area contributed by atoms with Crippen molar-refractivity contribution < 1.29 is 9.47 Å². The molecule has 0 fully saturated rings. The predicted molar refractivity (Wildman–Crippen MR) is 56.6 cm³/mol. The van der Waals surface area contributed by atoms with E-state index in [1.54, 1.807) is 0 Å². The summed E-state index contributed by atoms with van der Waals surface area (Å²) in [6, 6.07) is -0.265. The minimum Gasteiger partial charge on any atom is -0.351 e. The van der Waals surface area contributed by atoms with Gasteiger partial charge in [-0.15, -0.1) is 11.6 Å². The number of aliphatic imine (C=N–C) groups is 1. The van der Waals surface area contributed by atoms with Crippen molar-refractivity contribution in [1.29, 1.82) is 0 Å². The Bertz CT molecular complexity index is 168. The molecule has 13 heavy (non-hydrogen) atoms. The second-order valence-corrected chi connectivity index (χ2v) is 2.71. The lowest BCUT2D eigenvalue weighted by Gasteiger charge is -2.20. The number of hydrogen-bond donors (Lipinski definition) is 0. The van der Waals surface area contributed by atoms with Crippen molar-refractivity contribution >= 4 is 29.0 Å². The third kappa shape index (κ3) is 5.34. The summed E-state index contributed by atoms with van der Waals surface area (Å²) in [4.78, 5) is 3.86. The molecule has 1 atom stereocenters. The van der Waals surface area contributed by atoms with Crippen molar-refractivity contribution in [2.24, 2.45) is 4.99 Å². The van der Waals surface area contributed by atoms with Gasteiger partial charge < -0.3 is 9.47 Å². The van der Waals surface area contributed by atoms with Crippen LogP contribution in [0.5, 0.6) is 0 Å². The molecule has 0 bridgehead atoms. The standard InChI is InChI=1S/C8H14ClNO2S/c1-3-11-8(12-4-2)7(5-9)10-6-13/h7-8H,3-5H2,1-2H3. The van der Waals surface area contributed by atoms with E-state index in [9.17, 15) is 0 Å². The lowest BCUT2D eigenvalue weighted by molar-refractivity contribution is -0.144. The van der Waals surface area contributed by atoms with Crippen LogP contribution < -0.4 is 0 Å². The average molecular weight is 224 g/mol. The second kappa shape index (κ2) is 8.60. The monoisotopic (exact) mass is 223 g/mol. The Hall–Kier alpha value is 0.01000. The molecule has 0 spiro atoms. The zero-order valence-corrected chi connectivity index (χ0v) is 9.40. The summed E-state index contributed by atoms with van der Waals surface area (Å²) >= 11 is 10.2. The fourth-order valence-electron chi connectivity index (χ4n) is 0.835. The highest BCUT2D eigenvalue weighted by Crippen LogP contribution is 2.07. The minimum absolute atomic E-state index is 0.265. The Morgan fingerprint density at radius 2 is 1.92 bits per heavy atom. The maximum Gasteiger partial charge on any atom is 0.181 e. The molecule has 0 rings (SSSR count). The first kappa shape index (κ1) is 13.0. The van der Waals surface area contributed by atoms with Gasteiger partial charge in [0.1, 0.15) is 6.04 Å². The van der Waals surface area contributed by atoms with Crippen molar-refractivity contribution in [1.82, 2.24) is 0 Å². The van der Waals surface area contributed by atoms with Crippen molar-refractivity contribution in [2.75, 3.05) is 19.1 Å². The first-order valence-corrected chi connectivity index (χ1v) is 5.10. The lowest BCUT2D eigenvalue weighted by Crippen LogP contribution is -2.32. The maximum atomic E-state index is 5.67. The number of isothiocyanates is 1. The molecule has 0 aromatic carbocycles. The number of halogens is 1. The lowest BCUT2D eigenvalue weighted by atomic mass is 10.3. The van der Waals surface area contributed by atoms with Crippen LogP contribution in [-0.2, 0) is 9.47 Å². The quantitative estimate of drug-likeness (QED) is 0.287. The average Bonchev–Trinajstić information content (AvgIpc) is 2.14. The molecule has 0 aromatic heterocycles. The topological polar surface area (TPSA) is 30.8 Å².